The lowest BCUT2D eigenvalue weighted by Crippen LogP contribution is -2.33. The monoisotopic (exact) mass is 315 g/mol. The number of esters is 1. The molecule has 2 heterocycles. The van der Waals surface area contributed by atoms with Crippen LogP contribution in [-0.4, -0.2) is 30.0 Å². The lowest BCUT2D eigenvalue weighted by molar-refractivity contribution is -0.132. The van der Waals surface area contributed by atoms with Crippen LogP contribution in [0, 0.1) is 5.92 Å². The third kappa shape index (κ3) is 3.03. The van der Waals surface area contributed by atoms with Crippen LogP contribution in [0.2, 0.25) is 0 Å². The smallest absolute Gasteiger partial charge is 0.308 e. The van der Waals surface area contributed by atoms with Crippen LogP contribution in [0.1, 0.15) is 20.3 Å². The maximum Gasteiger partial charge on any atom is 0.308 e. The molecule has 1 aromatic rings. The van der Waals surface area contributed by atoms with E-state index in [2.05, 4.69) is 0 Å². The van der Waals surface area contributed by atoms with Gasteiger partial charge < -0.3 is 9.47 Å². The number of carbonyl (C=O) groups excluding carboxylic acids is 3. The second-order valence-electron chi connectivity index (χ2n) is 5.66. The van der Waals surface area contributed by atoms with E-state index < -0.39 is 11.9 Å². The zero-order valence-electron chi connectivity index (χ0n) is 12.9. The van der Waals surface area contributed by atoms with E-state index in [9.17, 15) is 14.4 Å². The summed E-state index contributed by atoms with van der Waals surface area (Å²) in [5.41, 5.74) is 0.466. The van der Waals surface area contributed by atoms with Crippen molar-refractivity contribution in [3.63, 3.8) is 0 Å². The van der Waals surface area contributed by atoms with Crippen LogP contribution in [0.5, 0.6) is 5.75 Å². The molecule has 3 rings (SSSR count). The molecule has 2 amide bonds. The van der Waals surface area contributed by atoms with Crippen molar-refractivity contribution in [3.05, 3.63) is 36.4 Å². The van der Waals surface area contributed by atoms with E-state index >= 15 is 0 Å². The van der Waals surface area contributed by atoms with Crippen molar-refractivity contribution in [2.75, 3.05) is 4.90 Å². The average Bonchev–Trinajstić information content (AvgIpc) is 3.03. The molecular weight excluding hydrogens is 298 g/mol. The Labute approximate surface area is 133 Å². The van der Waals surface area contributed by atoms with E-state index in [1.54, 1.807) is 24.3 Å². The average molecular weight is 315 g/mol. The molecule has 1 saturated heterocycles. The normalized spacial score (nSPS) is 26.9. The number of benzene rings is 1. The SMILES string of the molecule is CC(=O)Oc1ccc(N2C(=O)CC([C@@H]3C=CC(C)O3)C2=O)cc1. The standard InChI is InChI=1S/C17H17NO5/c1-10-3-8-15(22-10)14-9-16(20)18(17(14)21)12-4-6-13(7-5-12)23-11(2)19/h3-8,10,14-15H,9H2,1-2H3/t10?,14?,15-/m0/s1. The summed E-state index contributed by atoms with van der Waals surface area (Å²) in [6.45, 7) is 3.20. The van der Waals surface area contributed by atoms with Gasteiger partial charge >= 0.3 is 5.97 Å². The summed E-state index contributed by atoms with van der Waals surface area (Å²) in [4.78, 5) is 36.9. The number of ether oxygens (including phenoxy) is 2. The molecule has 23 heavy (non-hydrogen) atoms. The lowest BCUT2D eigenvalue weighted by atomic mass is 10.0. The highest BCUT2D eigenvalue weighted by Crippen LogP contribution is 2.32. The third-order valence-electron chi connectivity index (χ3n) is 3.88. The number of hydrogen-bond donors (Lipinski definition) is 0. The summed E-state index contributed by atoms with van der Waals surface area (Å²) in [5.74, 6) is -1.06. The quantitative estimate of drug-likeness (QED) is 0.368. The van der Waals surface area contributed by atoms with Gasteiger partial charge in [0.05, 0.1) is 23.8 Å². The van der Waals surface area contributed by atoms with Crippen LogP contribution in [0.4, 0.5) is 5.69 Å². The first-order valence-corrected chi connectivity index (χ1v) is 7.45. The van der Waals surface area contributed by atoms with Crippen LogP contribution in [0.15, 0.2) is 36.4 Å². The van der Waals surface area contributed by atoms with Gasteiger partial charge in [0.15, 0.2) is 0 Å². The summed E-state index contributed by atoms with van der Waals surface area (Å²) in [6, 6.07) is 6.28. The van der Waals surface area contributed by atoms with E-state index in [1.807, 2.05) is 19.1 Å². The zero-order chi connectivity index (χ0) is 16.6. The molecule has 120 valence electrons. The van der Waals surface area contributed by atoms with Gasteiger partial charge in [-0.2, -0.15) is 0 Å². The predicted molar refractivity (Wildman–Crippen MR) is 81.8 cm³/mol. The molecule has 0 bridgehead atoms. The van der Waals surface area contributed by atoms with Crippen LogP contribution < -0.4 is 9.64 Å². The molecule has 1 aromatic carbocycles. The van der Waals surface area contributed by atoms with Gasteiger partial charge in [-0.05, 0) is 31.2 Å². The summed E-state index contributed by atoms with van der Waals surface area (Å²) in [6.07, 6.45) is 3.46. The molecule has 6 nitrogen and oxygen atoms in total. The van der Waals surface area contributed by atoms with E-state index in [4.69, 9.17) is 9.47 Å². The van der Waals surface area contributed by atoms with Crippen molar-refractivity contribution in [2.45, 2.75) is 32.5 Å². The molecule has 6 heteroatoms. The van der Waals surface area contributed by atoms with Crippen molar-refractivity contribution >= 4 is 23.5 Å². The van der Waals surface area contributed by atoms with Crippen LogP contribution in [0.25, 0.3) is 0 Å². The molecule has 3 atom stereocenters. The Hall–Kier alpha value is -2.47. The number of imide groups is 1. The van der Waals surface area contributed by atoms with E-state index in [0.29, 0.717) is 11.4 Å². The second kappa shape index (κ2) is 5.96. The first-order chi connectivity index (χ1) is 11.0. The van der Waals surface area contributed by atoms with Gasteiger partial charge in [-0.3, -0.25) is 19.3 Å². The summed E-state index contributed by atoms with van der Waals surface area (Å²) >= 11 is 0. The number of nitrogens with zero attached hydrogens (tertiary/aromatic N) is 1. The van der Waals surface area contributed by atoms with Gasteiger partial charge in [-0.1, -0.05) is 12.2 Å². The summed E-state index contributed by atoms with van der Waals surface area (Å²) < 4.78 is 10.6. The highest BCUT2D eigenvalue weighted by atomic mass is 16.5. The second-order valence-corrected chi connectivity index (χ2v) is 5.66. The van der Waals surface area contributed by atoms with E-state index in [-0.39, 0.29) is 30.4 Å². The van der Waals surface area contributed by atoms with Crippen molar-refractivity contribution in [3.8, 4) is 5.75 Å². The fourth-order valence-electron chi connectivity index (χ4n) is 2.85. The number of hydrogen-bond acceptors (Lipinski definition) is 5. The molecular formula is C17H17NO5. The Bertz CT molecular complexity index is 679. The van der Waals surface area contributed by atoms with Gasteiger partial charge in [0.1, 0.15) is 5.75 Å². The van der Waals surface area contributed by atoms with Crippen molar-refractivity contribution in [1.29, 1.82) is 0 Å². The molecule has 0 radical (unpaired) electrons. The Morgan fingerprint density at radius 3 is 2.48 bits per heavy atom. The molecule has 0 aliphatic carbocycles. The Balaban J connectivity index is 1.77. The number of anilines is 1. The predicted octanol–water partition coefficient (Wildman–Crippen LogP) is 1.83. The number of rotatable bonds is 3. The zero-order valence-corrected chi connectivity index (χ0v) is 12.9. The maximum atomic E-state index is 12.6. The molecule has 0 N–H and O–H groups in total. The van der Waals surface area contributed by atoms with Crippen LogP contribution in [0.3, 0.4) is 0 Å². The molecule has 2 aliphatic rings. The molecule has 0 saturated carbocycles. The first-order valence-electron chi connectivity index (χ1n) is 7.45. The van der Waals surface area contributed by atoms with E-state index in [0.717, 1.165) is 0 Å². The first kappa shape index (κ1) is 15.4. The van der Waals surface area contributed by atoms with Gasteiger partial charge in [0, 0.05) is 13.3 Å². The van der Waals surface area contributed by atoms with Crippen LogP contribution in [-0.2, 0) is 19.1 Å². The fourth-order valence-corrected chi connectivity index (χ4v) is 2.85. The molecule has 0 spiro atoms. The summed E-state index contributed by atoms with van der Waals surface area (Å²) in [7, 11) is 0. The largest absolute Gasteiger partial charge is 0.427 e. The minimum Gasteiger partial charge on any atom is -0.427 e. The fraction of sp³-hybridized carbons (Fsp3) is 0.353. The number of carbonyl (C=O) groups is 3. The lowest BCUT2D eigenvalue weighted by Gasteiger charge is -2.18. The Kier molecular flexibility index (Phi) is 4.00. The van der Waals surface area contributed by atoms with Crippen molar-refractivity contribution < 1.29 is 23.9 Å². The highest BCUT2D eigenvalue weighted by molar-refractivity contribution is 6.21. The number of amides is 2. The van der Waals surface area contributed by atoms with Gasteiger partial charge in [-0.15, -0.1) is 0 Å². The van der Waals surface area contributed by atoms with Gasteiger partial charge in [0.25, 0.3) is 0 Å². The molecule has 2 unspecified atom stereocenters. The third-order valence-corrected chi connectivity index (χ3v) is 3.88. The summed E-state index contributed by atoms with van der Waals surface area (Å²) in [5, 5.41) is 0. The minimum atomic E-state index is -0.489. The minimum absolute atomic E-state index is 0.0417. The Morgan fingerprint density at radius 2 is 1.91 bits per heavy atom. The Morgan fingerprint density at radius 1 is 1.22 bits per heavy atom. The highest BCUT2D eigenvalue weighted by Gasteiger charge is 2.44. The molecule has 0 aromatic heterocycles. The van der Waals surface area contributed by atoms with Crippen molar-refractivity contribution in [1.82, 2.24) is 0 Å². The molecule has 2 aliphatic heterocycles. The van der Waals surface area contributed by atoms with Gasteiger partial charge in [-0.25, -0.2) is 0 Å². The topological polar surface area (TPSA) is 72.9 Å². The van der Waals surface area contributed by atoms with Crippen LogP contribution >= 0.6 is 0 Å². The maximum absolute atomic E-state index is 12.6. The molecule has 1 fully saturated rings. The van der Waals surface area contributed by atoms with Crippen molar-refractivity contribution in [2.24, 2.45) is 5.92 Å². The van der Waals surface area contributed by atoms with E-state index in [1.165, 1.54) is 11.8 Å². The van der Waals surface area contributed by atoms with Gasteiger partial charge in [0.2, 0.25) is 11.8 Å².